The molecule has 0 fully saturated rings. The van der Waals surface area contributed by atoms with E-state index in [-0.39, 0.29) is 11.5 Å². The van der Waals surface area contributed by atoms with Gasteiger partial charge in [-0.2, -0.15) is 0 Å². The SMILES string of the molecule is CCCNC(C)(CCCCOCCOC(C)(C)C)C(N)=O. The summed E-state index contributed by atoms with van der Waals surface area (Å²) in [5.41, 5.74) is 4.76. The van der Waals surface area contributed by atoms with Crippen LogP contribution in [0.5, 0.6) is 0 Å². The molecule has 0 rings (SSSR count). The Morgan fingerprint density at radius 2 is 1.76 bits per heavy atom. The van der Waals surface area contributed by atoms with Crippen molar-refractivity contribution >= 4 is 5.91 Å². The van der Waals surface area contributed by atoms with Crippen molar-refractivity contribution in [1.82, 2.24) is 5.32 Å². The van der Waals surface area contributed by atoms with Crippen molar-refractivity contribution in [3.8, 4) is 0 Å². The Morgan fingerprint density at radius 1 is 1.10 bits per heavy atom. The second-order valence-corrected chi connectivity index (χ2v) is 6.65. The summed E-state index contributed by atoms with van der Waals surface area (Å²) in [6.45, 7) is 12.8. The molecule has 5 heteroatoms. The maximum atomic E-state index is 11.5. The number of carbonyl (C=O) groups is 1. The molecule has 21 heavy (non-hydrogen) atoms. The molecule has 1 unspecified atom stereocenters. The zero-order valence-corrected chi connectivity index (χ0v) is 14.5. The predicted molar refractivity (Wildman–Crippen MR) is 86.3 cm³/mol. The third-order valence-corrected chi connectivity index (χ3v) is 3.29. The van der Waals surface area contributed by atoms with E-state index in [4.69, 9.17) is 15.2 Å². The van der Waals surface area contributed by atoms with Gasteiger partial charge in [0.25, 0.3) is 0 Å². The number of unbranched alkanes of at least 4 members (excludes halogenated alkanes) is 1. The maximum Gasteiger partial charge on any atom is 0.237 e. The molecular formula is C16H34N2O3. The lowest BCUT2D eigenvalue weighted by atomic mass is 9.94. The number of nitrogens with one attached hydrogen (secondary N) is 1. The summed E-state index contributed by atoms with van der Waals surface area (Å²) in [5, 5.41) is 3.24. The molecule has 0 aromatic heterocycles. The first-order chi connectivity index (χ1) is 9.71. The Labute approximate surface area is 129 Å². The summed E-state index contributed by atoms with van der Waals surface area (Å²) >= 11 is 0. The third kappa shape index (κ3) is 10.7. The number of primary amides is 1. The van der Waals surface area contributed by atoms with Gasteiger partial charge >= 0.3 is 0 Å². The minimum absolute atomic E-state index is 0.113. The quantitative estimate of drug-likeness (QED) is 0.542. The Morgan fingerprint density at radius 3 is 2.29 bits per heavy atom. The molecule has 0 saturated carbocycles. The van der Waals surface area contributed by atoms with Crippen molar-refractivity contribution in [3.05, 3.63) is 0 Å². The molecule has 0 heterocycles. The zero-order chi connectivity index (χ0) is 16.4. The molecule has 0 radical (unpaired) electrons. The van der Waals surface area contributed by atoms with E-state index in [1.807, 2.05) is 27.7 Å². The molecule has 0 aromatic carbocycles. The maximum absolute atomic E-state index is 11.5. The van der Waals surface area contributed by atoms with Crippen molar-refractivity contribution < 1.29 is 14.3 Å². The van der Waals surface area contributed by atoms with Crippen LogP contribution in [0.25, 0.3) is 0 Å². The van der Waals surface area contributed by atoms with Crippen LogP contribution in [0.3, 0.4) is 0 Å². The van der Waals surface area contributed by atoms with Gasteiger partial charge in [-0.05, 0) is 59.9 Å². The van der Waals surface area contributed by atoms with E-state index in [2.05, 4.69) is 12.2 Å². The van der Waals surface area contributed by atoms with E-state index < -0.39 is 5.54 Å². The van der Waals surface area contributed by atoms with Gasteiger partial charge in [0.05, 0.1) is 24.4 Å². The standard InChI is InChI=1S/C16H34N2O3/c1-6-10-18-16(5,14(17)19)9-7-8-11-20-12-13-21-15(2,3)4/h18H,6-13H2,1-5H3,(H2,17,19). The van der Waals surface area contributed by atoms with E-state index >= 15 is 0 Å². The molecule has 0 bridgehead atoms. The molecule has 0 aromatic rings. The van der Waals surface area contributed by atoms with Gasteiger partial charge in [-0.3, -0.25) is 4.79 Å². The van der Waals surface area contributed by atoms with Gasteiger partial charge in [-0.1, -0.05) is 6.92 Å². The van der Waals surface area contributed by atoms with E-state index in [0.29, 0.717) is 19.8 Å². The summed E-state index contributed by atoms with van der Waals surface area (Å²) in [7, 11) is 0. The first-order valence-electron chi connectivity index (χ1n) is 7.98. The van der Waals surface area contributed by atoms with Gasteiger partial charge in [-0.15, -0.1) is 0 Å². The molecule has 0 aliphatic rings. The molecular weight excluding hydrogens is 268 g/mol. The Hall–Kier alpha value is -0.650. The summed E-state index contributed by atoms with van der Waals surface area (Å²) in [4.78, 5) is 11.5. The Kier molecular flexibility index (Phi) is 9.83. The number of amides is 1. The van der Waals surface area contributed by atoms with Gasteiger partial charge in [-0.25, -0.2) is 0 Å². The van der Waals surface area contributed by atoms with Crippen LogP contribution in [-0.4, -0.2) is 43.4 Å². The average molecular weight is 302 g/mol. The fraction of sp³-hybridized carbons (Fsp3) is 0.938. The number of ether oxygens (including phenoxy) is 2. The number of hydrogen-bond acceptors (Lipinski definition) is 4. The summed E-state index contributed by atoms with van der Waals surface area (Å²) in [6.07, 6.45) is 3.56. The first-order valence-corrected chi connectivity index (χ1v) is 7.98. The average Bonchev–Trinajstić information content (AvgIpc) is 2.38. The highest BCUT2D eigenvalue weighted by Crippen LogP contribution is 2.13. The number of hydrogen-bond donors (Lipinski definition) is 2. The van der Waals surface area contributed by atoms with Gasteiger partial charge in [0.2, 0.25) is 5.91 Å². The van der Waals surface area contributed by atoms with Crippen LogP contribution in [0.2, 0.25) is 0 Å². The largest absolute Gasteiger partial charge is 0.379 e. The van der Waals surface area contributed by atoms with Crippen LogP contribution >= 0.6 is 0 Å². The topological polar surface area (TPSA) is 73.6 Å². The lowest BCUT2D eigenvalue weighted by Crippen LogP contribution is -2.53. The minimum atomic E-state index is -0.606. The highest BCUT2D eigenvalue weighted by molar-refractivity contribution is 5.84. The highest BCUT2D eigenvalue weighted by atomic mass is 16.5. The lowest BCUT2D eigenvalue weighted by Gasteiger charge is -2.27. The predicted octanol–water partition coefficient (Wildman–Crippen LogP) is 2.23. The van der Waals surface area contributed by atoms with Crippen molar-refractivity contribution in [1.29, 1.82) is 0 Å². The summed E-state index contributed by atoms with van der Waals surface area (Å²) in [6, 6.07) is 0. The van der Waals surface area contributed by atoms with Gasteiger partial charge in [0.15, 0.2) is 0 Å². The van der Waals surface area contributed by atoms with Crippen LogP contribution in [0.4, 0.5) is 0 Å². The van der Waals surface area contributed by atoms with Crippen molar-refractivity contribution in [3.63, 3.8) is 0 Å². The molecule has 0 spiro atoms. The fourth-order valence-electron chi connectivity index (χ4n) is 1.89. The Bertz CT molecular complexity index is 290. The van der Waals surface area contributed by atoms with Gasteiger partial charge < -0.3 is 20.5 Å². The summed E-state index contributed by atoms with van der Waals surface area (Å²) < 4.78 is 11.1. The van der Waals surface area contributed by atoms with Gasteiger partial charge in [0.1, 0.15) is 0 Å². The van der Waals surface area contributed by atoms with Crippen molar-refractivity contribution in [2.75, 3.05) is 26.4 Å². The van der Waals surface area contributed by atoms with Crippen molar-refractivity contribution in [2.24, 2.45) is 5.73 Å². The monoisotopic (exact) mass is 302 g/mol. The second-order valence-electron chi connectivity index (χ2n) is 6.65. The third-order valence-electron chi connectivity index (χ3n) is 3.29. The number of nitrogens with two attached hydrogens (primary N) is 1. The van der Waals surface area contributed by atoms with Crippen LogP contribution in [0.15, 0.2) is 0 Å². The van der Waals surface area contributed by atoms with Crippen LogP contribution in [0.1, 0.15) is 60.3 Å². The van der Waals surface area contributed by atoms with Gasteiger partial charge in [0, 0.05) is 6.61 Å². The molecule has 1 atom stereocenters. The lowest BCUT2D eigenvalue weighted by molar-refractivity contribution is -0.124. The summed E-state index contributed by atoms with van der Waals surface area (Å²) in [5.74, 6) is -0.282. The van der Waals surface area contributed by atoms with Crippen molar-refractivity contribution in [2.45, 2.75) is 71.4 Å². The first kappa shape index (κ1) is 20.3. The van der Waals surface area contributed by atoms with Crippen LogP contribution < -0.4 is 11.1 Å². The highest BCUT2D eigenvalue weighted by Gasteiger charge is 2.29. The smallest absolute Gasteiger partial charge is 0.237 e. The minimum Gasteiger partial charge on any atom is -0.379 e. The molecule has 5 nitrogen and oxygen atoms in total. The normalized spacial score (nSPS) is 14.9. The molecule has 0 aliphatic heterocycles. The molecule has 0 saturated heterocycles. The number of rotatable bonds is 12. The van der Waals surface area contributed by atoms with E-state index in [0.717, 1.165) is 32.2 Å². The van der Waals surface area contributed by atoms with E-state index in [1.165, 1.54) is 0 Å². The zero-order valence-electron chi connectivity index (χ0n) is 14.5. The second kappa shape index (κ2) is 10.1. The van der Waals surface area contributed by atoms with E-state index in [1.54, 1.807) is 0 Å². The molecule has 3 N–H and O–H groups in total. The molecule has 1 amide bonds. The molecule has 0 aliphatic carbocycles. The fourth-order valence-corrected chi connectivity index (χ4v) is 1.89. The number of carbonyl (C=O) groups excluding carboxylic acids is 1. The van der Waals surface area contributed by atoms with E-state index in [9.17, 15) is 4.79 Å². The van der Waals surface area contributed by atoms with Crippen LogP contribution in [-0.2, 0) is 14.3 Å². The van der Waals surface area contributed by atoms with Crippen LogP contribution in [0, 0.1) is 0 Å². The Balaban J connectivity index is 3.70. The molecule has 126 valence electrons.